The van der Waals surface area contributed by atoms with Gasteiger partial charge in [0.25, 0.3) is 0 Å². The number of hydrogen-bond donors (Lipinski definition) is 3. The molecule has 21 heavy (non-hydrogen) atoms. The Morgan fingerprint density at radius 3 is 2.24 bits per heavy atom. The van der Waals surface area contributed by atoms with Gasteiger partial charge in [-0.15, -0.1) is 0 Å². The highest BCUT2D eigenvalue weighted by molar-refractivity contribution is 5.53. The monoisotopic (exact) mass is 298 g/mol. The molecule has 0 fully saturated rings. The number of methoxy groups -OCH3 is 1. The van der Waals surface area contributed by atoms with Crippen molar-refractivity contribution in [3.05, 3.63) is 22.8 Å². The van der Waals surface area contributed by atoms with E-state index in [2.05, 4.69) is 0 Å². The SMILES string of the molecule is COc1c(C)c(OC[C@H](C)[C@@H](C)CO)cc(CO)c1CO. The van der Waals surface area contributed by atoms with Crippen molar-refractivity contribution in [2.45, 2.75) is 34.0 Å². The first-order chi connectivity index (χ1) is 9.99. The molecule has 0 unspecified atom stereocenters. The molecular weight excluding hydrogens is 272 g/mol. The van der Waals surface area contributed by atoms with Crippen molar-refractivity contribution >= 4 is 0 Å². The van der Waals surface area contributed by atoms with Gasteiger partial charge in [0.2, 0.25) is 0 Å². The van der Waals surface area contributed by atoms with Crippen LogP contribution in [-0.2, 0) is 13.2 Å². The Bertz CT molecular complexity index is 458. The lowest BCUT2D eigenvalue weighted by Crippen LogP contribution is -2.19. The molecule has 0 aromatic heterocycles. The van der Waals surface area contributed by atoms with Gasteiger partial charge in [-0.05, 0) is 30.4 Å². The fraction of sp³-hybridized carbons (Fsp3) is 0.625. The summed E-state index contributed by atoms with van der Waals surface area (Å²) in [5, 5.41) is 28.0. The first-order valence-corrected chi connectivity index (χ1v) is 7.14. The van der Waals surface area contributed by atoms with Crippen LogP contribution in [0.3, 0.4) is 0 Å². The van der Waals surface area contributed by atoms with E-state index in [1.165, 1.54) is 7.11 Å². The molecule has 1 aromatic carbocycles. The van der Waals surface area contributed by atoms with Crippen LogP contribution < -0.4 is 9.47 Å². The maximum Gasteiger partial charge on any atom is 0.131 e. The van der Waals surface area contributed by atoms with Crippen molar-refractivity contribution < 1.29 is 24.8 Å². The zero-order chi connectivity index (χ0) is 16.0. The maximum atomic E-state index is 9.44. The number of aliphatic hydroxyl groups is 3. The molecule has 0 heterocycles. The Kier molecular flexibility index (Phi) is 6.95. The van der Waals surface area contributed by atoms with Gasteiger partial charge in [0.15, 0.2) is 0 Å². The minimum atomic E-state index is -0.196. The van der Waals surface area contributed by atoms with Gasteiger partial charge in [-0.3, -0.25) is 0 Å². The molecule has 5 nitrogen and oxygen atoms in total. The molecule has 0 aliphatic carbocycles. The fourth-order valence-electron chi connectivity index (χ4n) is 2.14. The Labute approximate surface area is 126 Å². The average Bonchev–Trinajstić information content (AvgIpc) is 2.51. The second-order valence-corrected chi connectivity index (χ2v) is 5.44. The third-order valence-electron chi connectivity index (χ3n) is 3.97. The fourth-order valence-corrected chi connectivity index (χ4v) is 2.14. The standard InChI is InChI=1S/C16H26O5/c1-10(6-17)11(2)9-21-15-5-13(7-18)14(8-19)16(20-4)12(15)3/h5,10-11,17-19H,6-9H2,1-4H3/t10-,11-/m0/s1. The Hall–Kier alpha value is -1.30. The quantitative estimate of drug-likeness (QED) is 0.680. The molecular formula is C16H26O5. The van der Waals surface area contributed by atoms with E-state index in [9.17, 15) is 10.2 Å². The molecule has 1 aromatic rings. The predicted octanol–water partition coefficient (Wildman–Crippen LogP) is 1.63. The van der Waals surface area contributed by atoms with Crippen LogP contribution >= 0.6 is 0 Å². The van der Waals surface area contributed by atoms with Crippen LogP contribution in [0.25, 0.3) is 0 Å². The Balaban J connectivity index is 3.02. The van der Waals surface area contributed by atoms with E-state index in [0.29, 0.717) is 29.2 Å². The minimum Gasteiger partial charge on any atom is -0.496 e. The van der Waals surface area contributed by atoms with Gasteiger partial charge in [0.05, 0.1) is 26.9 Å². The van der Waals surface area contributed by atoms with Gasteiger partial charge < -0.3 is 24.8 Å². The van der Waals surface area contributed by atoms with E-state index >= 15 is 0 Å². The van der Waals surface area contributed by atoms with E-state index < -0.39 is 0 Å². The molecule has 2 atom stereocenters. The topological polar surface area (TPSA) is 79.2 Å². The third-order valence-corrected chi connectivity index (χ3v) is 3.97. The number of rotatable bonds is 8. The van der Waals surface area contributed by atoms with Crippen LogP contribution in [0, 0.1) is 18.8 Å². The van der Waals surface area contributed by atoms with E-state index in [1.54, 1.807) is 6.07 Å². The Morgan fingerprint density at radius 2 is 1.76 bits per heavy atom. The van der Waals surface area contributed by atoms with Gasteiger partial charge in [-0.1, -0.05) is 13.8 Å². The highest BCUT2D eigenvalue weighted by Gasteiger charge is 2.18. The lowest BCUT2D eigenvalue weighted by molar-refractivity contribution is 0.150. The lowest BCUT2D eigenvalue weighted by atomic mass is 9.98. The Morgan fingerprint density at radius 1 is 1.10 bits per heavy atom. The molecule has 0 aliphatic heterocycles. The zero-order valence-corrected chi connectivity index (χ0v) is 13.2. The van der Waals surface area contributed by atoms with Crippen molar-refractivity contribution in [2.75, 3.05) is 20.3 Å². The summed E-state index contributed by atoms with van der Waals surface area (Å²) in [6.07, 6.45) is 0. The first-order valence-electron chi connectivity index (χ1n) is 7.14. The van der Waals surface area contributed by atoms with Gasteiger partial charge in [-0.2, -0.15) is 0 Å². The smallest absolute Gasteiger partial charge is 0.131 e. The van der Waals surface area contributed by atoms with Crippen molar-refractivity contribution in [2.24, 2.45) is 11.8 Å². The summed E-state index contributed by atoms with van der Waals surface area (Å²) in [7, 11) is 1.53. The molecule has 0 aliphatic rings. The molecule has 3 N–H and O–H groups in total. The summed E-state index contributed by atoms with van der Waals surface area (Å²) in [5.41, 5.74) is 1.97. The number of ether oxygens (including phenoxy) is 2. The molecule has 0 saturated heterocycles. The van der Waals surface area contributed by atoms with Crippen LogP contribution in [-0.4, -0.2) is 35.6 Å². The van der Waals surface area contributed by atoms with Crippen LogP contribution in [0.15, 0.2) is 6.07 Å². The largest absolute Gasteiger partial charge is 0.496 e. The number of aliphatic hydroxyl groups excluding tert-OH is 3. The van der Waals surface area contributed by atoms with Gasteiger partial charge >= 0.3 is 0 Å². The van der Waals surface area contributed by atoms with E-state index in [-0.39, 0.29) is 31.7 Å². The summed E-state index contributed by atoms with van der Waals surface area (Å²) in [6.45, 7) is 6.05. The lowest BCUT2D eigenvalue weighted by Gasteiger charge is -2.21. The van der Waals surface area contributed by atoms with Gasteiger partial charge in [-0.25, -0.2) is 0 Å². The second kappa shape index (κ2) is 8.22. The summed E-state index contributed by atoms with van der Waals surface area (Å²) < 4.78 is 11.2. The first kappa shape index (κ1) is 17.8. The molecule has 1 rings (SSSR count). The van der Waals surface area contributed by atoms with Crippen molar-refractivity contribution in [1.82, 2.24) is 0 Å². The highest BCUT2D eigenvalue weighted by atomic mass is 16.5. The van der Waals surface area contributed by atoms with E-state index in [1.807, 2.05) is 20.8 Å². The normalized spacial score (nSPS) is 13.9. The highest BCUT2D eigenvalue weighted by Crippen LogP contribution is 2.35. The summed E-state index contributed by atoms with van der Waals surface area (Å²) in [5.74, 6) is 1.53. The van der Waals surface area contributed by atoms with E-state index in [0.717, 1.165) is 5.56 Å². The van der Waals surface area contributed by atoms with Crippen LogP contribution in [0.5, 0.6) is 11.5 Å². The predicted molar refractivity (Wildman–Crippen MR) is 80.5 cm³/mol. The third kappa shape index (κ3) is 4.09. The minimum absolute atomic E-state index is 0.123. The molecule has 0 bridgehead atoms. The molecule has 120 valence electrons. The van der Waals surface area contributed by atoms with Crippen molar-refractivity contribution in [1.29, 1.82) is 0 Å². The van der Waals surface area contributed by atoms with Crippen molar-refractivity contribution in [3.8, 4) is 11.5 Å². The van der Waals surface area contributed by atoms with Crippen LogP contribution in [0.2, 0.25) is 0 Å². The summed E-state index contributed by atoms with van der Waals surface area (Å²) in [6, 6.07) is 1.74. The number of benzene rings is 1. The molecule has 0 spiro atoms. The maximum absolute atomic E-state index is 9.44. The van der Waals surface area contributed by atoms with Gasteiger partial charge in [0.1, 0.15) is 11.5 Å². The van der Waals surface area contributed by atoms with Crippen molar-refractivity contribution in [3.63, 3.8) is 0 Å². The average molecular weight is 298 g/mol. The molecule has 0 amide bonds. The second-order valence-electron chi connectivity index (χ2n) is 5.44. The summed E-state index contributed by atoms with van der Waals surface area (Å²) in [4.78, 5) is 0. The zero-order valence-electron chi connectivity index (χ0n) is 13.2. The van der Waals surface area contributed by atoms with E-state index in [4.69, 9.17) is 14.6 Å². The number of hydrogen-bond acceptors (Lipinski definition) is 5. The molecule has 0 radical (unpaired) electrons. The molecule has 0 saturated carbocycles. The van der Waals surface area contributed by atoms with Crippen LogP contribution in [0.4, 0.5) is 0 Å². The van der Waals surface area contributed by atoms with Gasteiger partial charge in [0, 0.05) is 17.7 Å². The molecule has 5 heteroatoms. The summed E-state index contributed by atoms with van der Waals surface area (Å²) >= 11 is 0. The van der Waals surface area contributed by atoms with Crippen LogP contribution in [0.1, 0.15) is 30.5 Å².